The molecule has 0 spiro atoms. The summed E-state index contributed by atoms with van der Waals surface area (Å²) in [6.45, 7) is 0. The third kappa shape index (κ3) is 2.87. The number of amidine groups is 1. The van der Waals surface area contributed by atoms with Crippen LogP contribution in [0.1, 0.15) is 51.4 Å². The Hall–Kier alpha value is -0.360. The maximum Gasteiger partial charge on any atom is 0.131 e. The average Bonchev–Trinajstić information content (AvgIpc) is 3.35. The van der Waals surface area contributed by atoms with Gasteiger partial charge in [-0.2, -0.15) is 0 Å². The molecule has 7 unspecified atom stereocenters. The summed E-state index contributed by atoms with van der Waals surface area (Å²) in [6.07, 6.45) is 8.12. The standard InChI is InChI=1S/C18H29ClN2O3/c1-23-12-5-7-16(24-11-3-4-11)14(9-12)18(22)13-8-10(19)2-6-15(13)21-17(18)20/h10-16,22H,2-9H2,1H3,(H2,20,21). The number of nitrogens with zero attached hydrogens (tertiary/aromatic N) is 1. The van der Waals surface area contributed by atoms with Gasteiger partial charge in [0.1, 0.15) is 11.4 Å². The van der Waals surface area contributed by atoms with E-state index in [4.69, 9.17) is 26.8 Å². The van der Waals surface area contributed by atoms with Gasteiger partial charge in [-0.3, -0.25) is 4.99 Å². The fourth-order valence-electron chi connectivity index (χ4n) is 5.06. The molecule has 4 rings (SSSR count). The second-order valence-electron chi connectivity index (χ2n) is 8.08. The van der Waals surface area contributed by atoms with Crippen LogP contribution in [0.25, 0.3) is 0 Å². The van der Waals surface area contributed by atoms with Gasteiger partial charge in [-0.05, 0) is 51.4 Å². The number of aliphatic hydroxyl groups is 1. The van der Waals surface area contributed by atoms with E-state index in [0.717, 1.165) is 51.4 Å². The zero-order valence-electron chi connectivity index (χ0n) is 14.4. The molecular formula is C18H29ClN2O3. The third-order valence-electron chi connectivity index (χ3n) is 6.56. The number of alkyl halides is 1. The topological polar surface area (TPSA) is 77.1 Å². The van der Waals surface area contributed by atoms with Crippen molar-refractivity contribution in [3.8, 4) is 0 Å². The molecule has 1 heterocycles. The molecule has 6 heteroatoms. The van der Waals surface area contributed by atoms with Crippen molar-refractivity contribution in [2.75, 3.05) is 7.11 Å². The molecule has 136 valence electrons. The number of hydrogen-bond acceptors (Lipinski definition) is 5. The summed E-state index contributed by atoms with van der Waals surface area (Å²) in [4.78, 5) is 4.64. The molecule has 5 nitrogen and oxygen atoms in total. The molecular weight excluding hydrogens is 328 g/mol. The molecule has 0 aromatic carbocycles. The first-order chi connectivity index (χ1) is 11.5. The minimum Gasteiger partial charge on any atom is -0.385 e. The number of methoxy groups -OCH3 is 1. The van der Waals surface area contributed by atoms with Crippen molar-refractivity contribution < 1.29 is 14.6 Å². The lowest BCUT2D eigenvalue weighted by atomic mass is 9.64. The van der Waals surface area contributed by atoms with E-state index in [9.17, 15) is 5.11 Å². The lowest BCUT2D eigenvalue weighted by Crippen LogP contribution is -2.60. The van der Waals surface area contributed by atoms with E-state index in [-0.39, 0.29) is 35.5 Å². The van der Waals surface area contributed by atoms with Gasteiger partial charge < -0.3 is 20.3 Å². The molecule has 0 amide bonds. The van der Waals surface area contributed by atoms with Gasteiger partial charge in [0.15, 0.2) is 0 Å². The van der Waals surface area contributed by atoms with Crippen LogP contribution < -0.4 is 5.73 Å². The van der Waals surface area contributed by atoms with E-state index >= 15 is 0 Å². The van der Waals surface area contributed by atoms with Crippen LogP contribution in [-0.2, 0) is 9.47 Å². The van der Waals surface area contributed by atoms with E-state index < -0.39 is 5.60 Å². The maximum absolute atomic E-state index is 11.8. The van der Waals surface area contributed by atoms with Crippen molar-refractivity contribution in [2.24, 2.45) is 22.6 Å². The summed E-state index contributed by atoms with van der Waals surface area (Å²) in [5.74, 6) is 0.353. The van der Waals surface area contributed by atoms with E-state index in [1.54, 1.807) is 7.11 Å². The van der Waals surface area contributed by atoms with Crippen molar-refractivity contribution in [1.82, 2.24) is 0 Å². The van der Waals surface area contributed by atoms with Crippen LogP contribution in [0.5, 0.6) is 0 Å². The van der Waals surface area contributed by atoms with E-state index in [0.29, 0.717) is 11.9 Å². The summed E-state index contributed by atoms with van der Waals surface area (Å²) >= 11 is 6.43. The van der Waals surface area contributed by atoms with E-state index in [1.165, 1.54) is 0 Å². The van der Waals surface area contributed by atoms with E-state index in [2.05, 4.69) is 4.99 Å². The van der Waals surface area contributed by atoms with Gasteiger partial charge in [0.25, 0.3) is 0 Å². The Morgan fingerprint density at radius 3 is 2.54 bits per heavy atom. The first-order valence-electron chi connectivity index (χ1n) is 9.40. The highest BCUT2D eigenvalue weighted by molar-refractivity contribution is 6.20. The number of halogens is 1. The molecule has 24 heavy (non-hydrogen) atoms. The second-order valence-corrected chi connectivity index (χ2v) is 8.69. The number of ether oxygens (including phenoxy) is 2. The Morgan fingerprint density at radius 1 is 1.08 bits per heavy atom. The van der Waals surface area contributed by atoms with Crippen LogP contribution in [0, 0.1) is 11.8 Å². The molecule has 0 bridgehead atoms. The average molecular weight is 357 g/mol. The zero-order chi connectivity index (χ0) is 16.9. The van der Waals surface area contributed by atoms with Crippen molar-refractivity contribution in [3.63, 3.8) is 0 Å². The van der Waals surface area contributed by atoms with Gasteiger partial charge in [-0.15, -0.1) is 11.6 Å². The summed E-state index contributed by atoms with van der Waals surface area (Å²) in [6, 6.07) is 0.106. The molecule has 3 aliphatic carbocycles. The summed E-state index contributed by atoms with van der Waals surface area (Å²) in [7, 11) is 1.75. The second kappa shape index (κ2) is 6.42. The van der Waals surface area contributed by atoms with Crippen LogP contribution in [0.15, 0.2) is 4.99 Å². The van der Waals surface area contributed by atoms with Crippen molar-refractivity contribution in [1.29, 1.82) is 0 Å². The van der Waals surface area contributed by atoms with Crippen LogP contribution in [0.2, 0.25) is 0 Å². The molecule has 3 saturated carbocycles. The minimum atomic E-state index is -1.10. The Kier molecular flexibility index (Phi) is 4.57. The summed E-state index contributed by atoms with van der Waals surface area (Å²) in [5.41, 5.74) is 5.20. The summed E-state index contributed by atoms with van der Waals surface area (Å²) < 4.78 is 11.9. The molecule has 0 aromatic heterocycles. The monoisotopic (exact) mass is 356 g/mol. The smallest absolute Gasteiger partial charge is 0.131 e. The predicted molar refractivity (Wildman–Crippen MR) is 93.4 cm³/mol. The maximum atomic E-state index is 11.8. The lowest BCUT2D eigenvalue weighted by Gasteiger charge is -2.47. The van der Waals surface area contributed by atoms with Gasteiger partial charge in [0, 0.05) is 24.3 Å². The number of nitrogens with two attached hydrogens (primary N) is 1. The van der Waals surface area contributed by atoms with Gasteiger partial charge in [-0.1, -0.05) is 0 Å². The van der Waals surface area contributed by atoms with Gasteiger partial charge in [0.2, 0.25) is 0 Å². The predicted octanol–water partition coefficient (Wildman–Crippen LogP) is 2.23. The molecule has 0 aromatic rings. The zero-order valence-corrected chi connectivity index (χ0v) is 15.1. The number of fused-ring (bicyclic) bond motifs is 1. The van der Waals surface area contributed by atoms with Crippen LogP contribution in [0.4, 0.5) is 0 Å². The van der Waals surface area contributed by atoms with Gasteiger partial charge in [0.05, 0.1) is 24.4 Å². The van der Waals surface area contributed by atoms with Crippen LogP contribution >= 0.6 is 11.6 Å². The number of rotatable bonds is 4. The quantitative estimate of drug-likeness (QED) is 0.757. The van der Waals surface area contributed by atoms with Crippen molar-refractivity contribution >= 4 is 17.4 Å². The molecule has 0 saturated heterocycles. The van der Waals surface area contributed by atoms with Crippen molar-refractivity contribution in [3.05, 3.63) is 0 Å². The normalized spacial score (nSPS) is 48.9. The first-order valence-corrected chi connectivity index (χ1v) is 9.84. The highest BCUT2D eigenvalue weighted by atomic mass is 35.5. The highest BCUT2D eigenvalue weighted by Gasteiger charge is 2.59. The highest BCUT2D eigenvalue weighted by Crippen LogP contribution is 2.50. The Balaban J connectivity index is 1.62. The summed E-state index contributed by atoms with van der Waals surface area (Å²) in [5, 5.41) is 11.9. The van der Waals surface area contributed by atoms with Gasteiger partial charge in [-0.25, -0.2) is 0 Å². The van der Waals surface area contributed by atoms with E-state index in [1.807, 2.05) is 0 Å². The fourth-order valence-corrected chi connectivity index (χ4v) is 5.38. The van der Waals surface area contributed by atoms with Crippen LogP contribution in [-0.4, -0.2) is 53.4 Å². The third-order valence-corrected chi connectivity index (χ3v) is 6.96. The molecule has 3 N–H and O–H groups in total. The van der Waals surface area contributed by atoms with Gasteiger partial charge >= 0.3 is 0 Å². The Bertz CT molecular complexity index is 512. The number of hydrogen-bond donors (Lipinski definition) is 2. The largest absolute Gasteiger partial charge is 0.385 e. The molecule has 4 aliphatic rings. The van der Waals surface area contributed by atoms with Crippen LogP contribution in [0.3, 0.4) is 0 Å². The Labute approximate surface area is 148 Å². The molecule has 0 radical (unpaired) electrons. The van der Waals surface area contributed by atoms with Crippen molar-refractivity contribution in [2.45, 2.75) is 86.7 Å². The molecule has 3 fully saturated rings. The SMILES string of the molecule is COC1CCC(OC2CC2)C(C2(O)C(N)=NC3CCC(Cl)CC32)C1. The fraction of sp³-hybridized carbons (Fsp3) is 0.944. The number of aliphatic imine (C=N–C) groups is 1. The Morgan fingerprint density at radius 2 is 1.83 bits per heavy atom. The molecule has 7 atom stereocenters. The molecule has 1 aliphatic heterocycles. The minimum absolute atomic E-state index is 0.0136. The first kappa shape index (κ1) is 17.1. The lowest BCUT2D eigenvalue weighted by molar-refractivity contribution is -0.132.